The van der Waals surface area contributed by atoms with Gasteiger partial charge in [0.25, 0.3) is 0 Å². The molecule has 0 unspecified atom stereocenters. The summed E-state index contributed by atoms with van der Waals surface area (Å²) in [6, 6.07) is 6.31. The number of aryl methyl sites for hydroxylation is 1. The third kappa shape index (κ3) is 2.60. The highest BCUT2D eigenvalue weighted by atomic mass is 32.2. The Labute approximate surface area is 101 Å². The van der Waals surface area contributed by atoms with Crippen molar-refractivity contribution in [3.05, 3.63) is 35.1 Å². The number of nitriles is 1. The summed E-state index contributed by atoms with van der Waals surface area (Å²) >= 11 is 1.34. The second kappa shape index (κ2) is 4.93. The Morgan fingerprint density at radius 2 is 2.35 bits per heavy atom. The summed E-state index contributed by atoms with van der Waals surface area (Å²) in [6.45, 7) is 0. The molecule has 7 heteroatoms. The number of hydrogen-bond donors (Lipinski definition) is 0. The van der Waals surface area contributed by atoms with E-state index in [0.717, 1.165) is 0 Å². The number of rotatable bonds is 3. The smallest absolute Gasteiger partial charge is 0.209 e. The average Bonchev–Trinajstić information content (AvgIpc) is 2.73. The minimum absolute atomic E-state index is 0.316. The van der Waals surface area contributed by atoms with E-state index in [1.807, 2.05) is 6.07 Å². The van der Waals surface area contributed by atoms with Gasteiger partial charge >= 0.3 is 0 Å². The van der Waals surface area contributed by atoms with E-state index in [9.17, 15) is 4.39 Å². The molecule has 0 atom stereocenters. The molecule has 0 spiro atoms. The van der Waals surface area contributed by atoms with E-state index >= 15 is 0 Å². The normalized spacial score (nSPS) is 10.2. The zero-order valence-corrected chi connectivity index (χ0v) is 9.78. The first kappa shape index (κ1) is 11.5. The number of aromatic nitrogens is 4. The van der Waals surface area contributed by atoms with Gasteiger partial charge in [0.05, 0.1) is 11.6 Å². The quantitative estimate of drug-likeness (QED) is 0.771. The van der Waals surface area contributed by atoms with Crippen molar-refractivity contribution in [3.8, 4) is 6.07 Å². The molecule has 1 aromatic carbocycles. The Bertz CT molecular complexity index is 574. The molecule has 0 saturated heterocycles. The number of nitrogens with zero attached hydrogens (tertiary/aromatic N) is 5. The Morgan fingerprint density at radius 3 is 2.94 bits per heavy atom. The molecule has 1 heterocycles. The maximum atomic E-state index is 13.5. The molecule has 5 nitrogen and oxygen atoms in total. The molecule has 0 radical (unpaired) electrons. The standard InChI is InChI=1S/C10H8FN5S/c1-16-10(13-14-15-16)17-6-8-3-2-7(5-12)4-9(8)11/h2-4H,6H2,1H3. The molecule has 0 amide bonds. The summed E-state index contributed by atoms with van der Waals surface area (Å²) in [5.41, 5.74) is 0.841. The Hall–Kier alpha value is -1.94. The summed E-state index contributed by atoms with van der Waals surface area (Å²) < 4.78 is 15.1. The van der Waals surface area contributed by atoms with Crippen molar-refractivity contribution in [2.24, 2.45) is 7.05 Å². The van der Waals surface area contributed by atoms with Crippen molar-refractivity contribution in [1.82, 2.24) is 20.2 Å². The number of tetrazole rings is 1. The summed E-state index contributed by atoms with van der Waals surface area (Å²) in [4.78, 5) is 0. The van der Waals surface area contributed by atoms with Gasteiger partial charge in [0.2, 0.25) is 5.16 Å². The topological polar surface area (TPSA) is 67.4 Å². The molecule has 2 aromatic rings. The molecule has 17 heavy (non-hydrogen) atoms. The van der Waals surface area contributed by atoms with E-state index in [1.165, 1.54) is 22.5 Å². The van der Waals surface area contributed by atoms with Crippen molar-refractivity contribution < 1.29 is 4.39 Å². The lowest BCUT2D eigenvalue weighted by atomic mass is 10.1. The molecule has 0 saturated carbocycles. The second-order valence-electron chi connectivity index (χ2n) is 3.29. The van der Waals surface area contributed by atoms with Crippen LogP contribution in [0, 0.1) is 17.1 Å². The van der Waals surface area contributed by atoms with Gasteiger partial charge in [-0.2, -0.15) is 5.26 Å². The van der Waals surface area contributed by atoms with E-state index in [2.05, 4.69) is 15.5 Å². The van der Waals surface area contributed by atoms with Crippen molar-refractivity contribution >= 4 is 11.8 Å². The van der Waals surface area contributed by atoms with Gasteiger partial charge in [0, 0.05) is 12.8 Å². The lowest BCUT2D eigenvalue weighted by molar-refractivity contribution is 0.616. The van der Waals surface area contributed by atoms with Crippen LogP contribution in [0.3, 0.4) is 0 Å². The van der Waals surface area contributed by atoms with Crippen LogP contribution in [-0.4, -0.2) is 20.2 Å². The number of hydrogen-bond acceptors (Lipinski definition) is 5. The van der Waals surface area contributed by atoms with E-state index in [-0.39, 0.29) is 5.82 Å². The van der Waals surface area contributed by atoms with Crippen LogP contribution < -0.4 is 0 Å². The maximum Gasteiger partial charge on any atom is 0.209 e. The number of halogens is 1. The van der Waals surface area contributed by atoms with Gasteiger partial charge in [0.1, 0.15) is 5.82 Å². The Morgan fingerprint density at radius 1 is 1.53 bits per heavy atom. The molecule has 0 bridgehead atoms. The maximum absolute atomic E-state index is 13.5. The highest BCUT2D eigenvalue weighted by Crippen LogP contribution is 2.21. The highest BCUT2D eigenvalue weighted by Gasteiger charge is 2.07. The van der Waals surface area contributed by atoms with Crippen molar-refractivity contribution in [2.75, 3.05) is 0 Å². The van der Waals surface area contributed by atoms with Crippen molar-refractivity contribution in [1.29, 1.82) is 5.26 Å². The van der Waals surface area contributed by atoms with Crippen LogP contribution in [0.1, 0.15) is 11.1 Å². The third-order valence-corrected chi connectivity index (χ3v) is 3.18. The van der Waals surface area contributed by atoms with Gasteiger partial charge in [-0.25, -0.2) is 9.07 Å². The van der Waals surface area contributed by atoms with Crippen LogP contribution in [0.4, 0.5) is 4.39 Å². The van der Waals surface area contributed by atoms with Crippen LogP contribution in [0.25, 0.3) is 0 Å². The van der Waals surface area contributed by atoms with Crippen LogP contribution in [0.2, 0.25) is 0 Å². The summed E-state index contributed by atoms with van der Waals surface area (Å²) in [7, 11) is 1.72. The van der Waals surface area contributed by atoms with E-state index < -0.39 is 0 Å². The molecule has 0 fully saturated rings. The largest absolute Gasteiger partial charge is 0.224 e. The predicted molar refractivity (Wildman–Crippen MR) is 59.5 cm³/mol. The minimum atomic E-state index is -0.383. The lowest BCUT2D eigenvalue weighted by Gasteiger charge is -2.02. The summed E-state index contributed by atoms with van der Waals surface area (Å²) in [5, 5.41) is 20.2. The molecule has 86 valence electrons. The third-order valence-electron chi connectivity index (χ3n) is 2.12. The monoisotopic (exact) mass is 249 g/mol. The van der Waals surface area contributed by atoms with Gasteiger partial charge in [-0.1, -0.05) is 17.8 Å². The predicted octanol–water partition coefficient (Wildman–Crippen LogP) is 1.51. The highest BCUT2D eigenvalue weighted by molar-refractivity contribution is 7.98. The van der Waals surface area contributed by atoms with Gasteiger partial charge in [-0.3, -0.25) is 0 Å². The first-order chi connectivity index (χ1) is 8.20. The first-order valence-corrected chi connectivity index (χ1v) is 5.73. The molecule has 0 aliphatic rings. The number of thioether (sulfide) groups is 1. The molecule has 0 N–H and O–H groups in total. The van der Waals surface area contributed by atoms with E-state index in [4.69, 9.17) is 5.26 Å². The minimum Gasteiger partial charge on any atom is -0.224 e. The van der Waals surface area contributed by atoms with Crippen molar-refractivity contribution in [2.45, 2.75) is 10.9 Å². The van der Waals surface area contributed by atoms with Gasteiger partial charge in [-0.15, -0.1) is 5.10 Å². The average molecular weight is 249 g/mol. The van der Waals surface area contributed by atoms with Gasteiger partial charge < -0.3 is 0 Å². The lowest BCUT2D eigenvalue weighted by Crippen LogP contribution is -1.94. The first-order valence-electron chi connectivity index (χ1n) is 4.74. The van der Waals surface area contributed by atoms with Crippen LogP contribution >= 0.6 is 11.8 Å². The fraction of sp³-hybridized carbons (Fsp3) is 0.200. The summed E-state index contributed by atoms with van der Waals surface area (Å²) in [5.74, 6) is 0.0397. The zero-order valence-electron chi connectivity index (χ0n) is 8.96. The molecule has 0 aliphatic carbocycles. The molecule has 2 rings (SSSR count). The Balaban J connectivity index is 2.10. The van der Waals surface area contributed by atoms with E-state index in [0.29, 0.717) is 22.0 Å². The van der Waals surface area contributed by atoms with Crippen LogP contribution in [0.5, 0.6) is 0 Å². The SMILES string of the molecule is Cn1nnnc1SCc1ccc(C#N)cc1F. The Kier molecular flexibility index (Phi) is 3.35. The van der Waals surface area contributed by atoms with Gasteiger partial charge in [-0.05, 0) is 28.1 Å². The number of benzene rings is 1. The van der Waals surface area contributed by atoms with Crippen LogP contribution in [-0.2, 0) is 12.8 Å². The zero-order chi connectivity index (χ0) is 12.3. The van der Waals surface area contributed by atoms with E-state index in [1.54, 1.807) is 19.2 Å². The van der Waals surface area contributed by atoms with Crippen molar-refractivity contribution in [3.63, 3.8) is 0 Å². The molecular formula is C10H8FN5S. The molecular weight excluding hydrogens is 241 g/mol. The van der Waals surface area contributed by atoms with Gasteiger partial charge in [0.15, 0.2) is 0 Å². The molecule has 0 aliphatic heterocycles. The fourth-order valence-electron chi connectivity index (χ4n) is 1.22. The molecule has 1 aromatic heterocycles. The second-order valence-corrected chi connectivity index (χ2v) is 4.23. The fourth-order valence-corrected chi connectivity index (χ4v) is 2.06. The summed E-state index contributed by atoms with van der Waals surface area (Å²) in [6.07, 6.45) is 0. The van der Waals surface area contributed by atoms with Crippen LogP contribution in [0.15, 0.2) is 23.4 Å².